The van der Waals surface area contributed by atoms with Crippen LogP contribution < -0.4 is 5.32 Å². The maximum atomic E-state index is 13.1. The number of hydrogen-bond donors (Lipinski definition) is 1. The average Bonchev–Trinajstić information content (AvgIpc) is 3.09. The molecule has 1 aromatic carbocycles. The number of rotatable bonds is 5. The minimum atomic E-state index is -0.167. The van der Waals surface area contributed by atoms with Crippen LogP contribution in [0.3, 0.4) is 0 Å². The van der Waals surface area contributed by atoms with Crippen LogP contribution in [0, 0.1) is 11.7 Å². The number of halogens is 1. The van der Waals surface area contributed by atoms with Crippen molar-refractivity contribution >= 4 is 5.69 Å². The highest BCUT2D eigenvalue weighted by Gasteiger charge is 2.32. The number of likely N-dealkylation sites (tertiary alicyclic amines) is 1. The number of hydrogen-bond acceptors (Lipinski definition) is 2. The van der Waals surface area contributed by atoms with Crippen molar-refractivity contribution in [3.05, 3.63) is 30.1 Å². The lowest BCUT2D eigenvalue weighted by atomic mass is 9.96. The molecule has 1 N–H and O–H groups in total. The summed E-state index contributed by atoms with van der Waals surface area (Å²) in [6.07, 6.45) is 8.44. The van der Waals surface area contributed by atoms with E-state index in [-0.39, 0.29) is 5.82 Å². The highest BCUT2D eigenvalue weighted by molar-refractivity contribution is 5.42. The van der Waals surface area contributed by atoms with Crippen LogP contribution in [-0.2, 0) is 0 Å². The SMILES string of the molecule is Fc1cccc(NCCN2CCCC2C2CCCC2)c1. The predicted octanol–water partition coefficient (Wildman–Crippen LogP) is 3.89. The Bertz CT molecular complexity index is 429. The summed E-state index contributed by atoms with van der Waals surface area (Å²) in [5, 5.41) is 3.34. The molecule has 1 saturated heterocycles. The lowest BCUT2D eigenvalue weighted by Crippen LogP contribution is -2.37. The summed E-state index contributed by atoms with van der Waals surface area (Å²) in [6, 6.07) is 7.56. The highest BCUT2D eigenvalue weighted by atomic mass is 19.1. The van der Waals surface area contributed by atoms with Crippen LogP contribution in [0.15, 0.2) is 24.3 Å². The molecule has 0 spiro atoms. The molecule has 1 aromatic rings. The van der Waals surface area contributed by atoms with E-state index in [2.05, 4.69) is 10.2 Å². The molecule has 3 rings (SSSR count). The molecule has 2 fully saturated rings. The van der Waals surface area contributed by atoms with Gasteiger partial charge in [-0.25, -0.2) is 4.39 Å². The van der Waals surface area contributed by atoms with Crippen molar-refractivity contribution < 1.29 is 4.39 Å². The summed E-state index contributed by atoms with van der Waals surface area (Å²) in [5.74, 6) is 0.770. The lowest BCUT2D eigenvalue weighted by Gasteiger charge is -2.29. The van der Waals surface area contributed by atoms with E-state index < -0.39 is 0 Å². The quantitative estimate of drug-likeness (QED) is 0.877. The van der Waals surface area contributed by atoms with Crippen molar-refractivity contribution in [1.29, 1.82) is 0 Å². The average molecular weight is 276 g/mol. The van der Waals surface area contributed by atoms with Gasteiger partial charge in [0.1, 0.15) is 5.82 Å². The van der Waals surface area contributed by atoms with Gasteiger partial charge in [-0.2, -0.15) is 0 Å². The molecular formula is C17H25FN2. The Kier molecular flexibility index (Phi) is 4.56. The Hall–Kier alpha value is -1.09. The van der Waals surface area contributed by atoms with Crippen molar-refractivity contribution in [2.45, 2.75) is 44.6 Å². The molecule has 3 heteroatoms. The van der Waals surface area contributed by atoms with Crippen molar-refractivity contribution in [2.75, 3.05) is 25.0 Å². The molecule has 1 aliphatic carbocycles. The fraction of sp³-hybridized carbons (Fsp3) is 0.647. The van der Waals surface area contributed by atoms with Gasteiger partial charge in [0, 0.05) is 24.8 Å². The molecule has 0 aromatic heterocycles. The van der Waals surface area contributed by atoms with Gasteiger partial charge in [-0.3, -0.25) is 4.90 Å². The summed E-state index contributed by atoms with van der Waals surface area (Å²) < 4.78 is 13.1. The first kappa shape index (κ1) is 13.9. The zero-order chi connectivity index (χ0) is 13.8. The van der Waals surface area contributed by atoms with Gasteiger partial charge in [0.05, 0.1) is 0 Å². The van der Waals surface area contributed by atoms with Crippen molar-refractivity contribution in [3.8, 4) is 0 Å². The predicted molar refractivity (Wildman–Crippen MR) is 81.4 cm³/mol. The van der Waals surface area contributed by atoms with E-state index in [4.69, 9.17) is 0 Å². The van der Waals surface area contributed by atoms with Crippen LogP contribution in [0.25, 0.3) is 0 Å². The number of benzene rings is 1. The molecule has 2 nitrogen and oxygen atoms in total. The van der Waals surface area contributed by atoms with Gasteiger partial charge in [0.15, 0.2) is 0 Å². The first-order valence-corrected chi connectivity index (χ1v) is 8.06. The monoisotopic (exact) mass is 276 g/mol. The lowest BCUT2D eigenvalue weighted by molar-refractivity contribution is 0.197. The van der Waals surface area contributed by atoms with E-state index in [1.54, 1.807) is 12.1 Å². The van der Waals surface area contributed by atoms with Gasteiger partial charge in [-0.1, -0.05) is 18.9 Å². The van der Waals surface area contributed by atoms with Crippen molar-refractivity contribution in [1.82, 2.24) is 4.90 Å². The molecule has 110 valence electrons. The van der Waals surface area contributed by atoms with E-state index in [0.717, 1.165) is 30.7 Å². The molecule has 1 atom stereocenters. The second kappa shape index (κ2) is 6.57. The van der Waals surface area contributed by atoms with Crippen molar-refractivity contribution in [3.63, 3.8) is 0 Å². The second-order valence-corrected chi connectivity index (χ2v) is 6.23. The molecule has 2 aliphatic rings. The van der Waals surface area contributed by atoms with Crippen LogP contribution in [0.1, 0.15) is 38.5 Å². The molecule has 20 heavy (non-hydrogen) atoms. The Labute approximate surface area is 121 Å². The zero-order valence-corrected chi connectivity index (χ0v) is 12.2. The second-order valence-electron chi connectivity index (χ2n) is 6.23. The Morgan fingerprint density at radius 2 is 2.00 bits per heavy atom. The first-order chi connectivity index (χ1) is 9.83. The van der Waals surface area contributed by atoms with Crippen LogP contribution in [0.5, 0.6) is 0 Å². The third-order valence-corrected chi connectivity index (χ3v) is 4.91. The van der Waals surface area contributed by atoms with Crippen LogP contribution in [0.2, 0.25) is 0 Å². The van der Waals surface area contributed by atoms with Gasteiger partial charge >= 0.3 is 0 Å². The summed E-state index contributed by atoms with van der Waals surface area (Å²) in [7, 11) is 0. The molecule has 0 bridgehead atoms. The zero-order valence-electron chi connectivity index (χ0n) is 12.2. The smallest absolute Gasteiger partial charge is 0.125 e. The fourth-order valence-electron chi connectivity index (χ4n) is 3.95. The van der Waals surface area contributed by atoms with E-state index in [0.29, 0.717) is 0 Å². The Morgan fingerprint density at radius 3 is 2.80 bits per heavy atom. The van der Waals surface area contributed by atoms with E-state index >= 15 is 0 Å². The molecule has 1 unspecified atom stereocenters. The Balaban J connectivity index is 1.47. The van der Waals surface area contributed by atoms with Gasteiger partial charge in [0.25, 0.3) is 0 Å². The van der Waals surface area contributed by atoms with Crippen LogP contribution in [0.4, 0.5) is 10.1 Å². The first-order valence-electron chi connectivity index (χ1n) is 8.06. The third kappa shape index (κ3) is 3.32. The van der Waals surface area contributed by atoms with Gasteiger partial charge in [0.2, 0.25) is 0 Å². The minimum Gasteiger partial charge on any atom is -0.384 e. The van der Waals surface area contributed by atoms with E-state index in [1.807, 2.05) is 6.07 Å². The van der Waals surface area contributed by atoms with Crippen LogP contribution in [-0.4, -0.2) is 30.6 Å². The van der Waals surface area contributed by atoms with Gasteiger partial charge in [-0.15, -0.1) is 0 Å². The number of anilines is 1. The maximum Gasteiger partial charge on any atom is 0.125 e. The summed E-state index contributed by atoms with van der Waals surface area (Å²) >= 11 is 0. The van der Waals surface area contributed by atoms with Crippen molar-refractivity contribution in [2.24, 2.45) is 5.92 Å². The topological polar surface area (TPSA) is 15.3 Å². The van der Waals surface area contributed by atoms with Crippen LogP contribution >= 0.6 is 0 Å². The standard InChI is InChI=1S/C17H25FN2/c18-15-7-3-8-16(13-15)19-10-12-20-11-4-9-17(20)14-5-1-2-6-14/h3,7-8,13-14,17,19H,1-2,4-6,9-12H2. The highest BCUT2D eigenvalue weighted by Crippen LogP contribution is 2.35. The largest absolute Gasteiger partial charge is 0.384 e. The molecule has 1 heterocycles. The fourth-order valence-corrected chi connectivity index (χ4v) is 3.95. The molecule has 0 radical (unpaired) electrons. The minimum absolute atomic E-state index is 0.167. The summed E-state index contributed by atoms with van der Waals surface area (Å²) in [6.45, 7) is 3.23. The maximum absolute atomic E-state index is 13.1. The van der Waals surface area contributed by atoms with E-state index in [9.17, 15) is 4.39 Å². The Morgan fingerprint density at radius 1 is 1.15 bits per heavy atom. The number of nitrogens with zero attached hydrogens (tertiary/aromatic N) is 1. The van der Waals surface area contributed by atoms with Gasteiger partial charge in [-0.05, 0) is 56.3 Å². The molecule has 1 saturated carbocycles. The third-order valence-electron chi connectivity index (χ3n) is 4.91. The van der Waals surface area contributed by atoms with Gasteiger partial charge < -0.3 is 5.32 Å². The molecular weight excluding hydrogens is 251 g/mol. The normalized spacial score (nSPS) is 24.4. The molecule has 1 aliphatic heterocycles. The number of nitrogens with one attached hydrogen (secondary N) is 1. The molecule has 0 amide bonds. The van der Waals surface area contributed by atoms with E-state index in [1.165, 1.54) is 51.1 Å². The summed E-state index contributed by atoms with van der Waals surface area (Å²) in [4.78, 5) is 2.66. The summed E-state index contributed by atoms with van der Waals surface area (Å²) in [5.41, 5.74) is 0.890.